The second-order valence-electron chi connectivity index (χ2n) is 5.74. The molecule has 1 aromatic heterocycles. The molecule has 5 nitrogen and oxygen atoms in total. The lowest BCUT2D eigenvalue weighted by Gasteiger charge is -2.22. The Kier molecular flexibility index (Phi) is 8.08. The van der Waals surface area contributed by atoms with Crippen LogP contribution >= 0.6 is 11.6 Å². The molecule has 3 rings (SSSR count). The molecule has 0 bridgehead atoms. The van der Waals surface area contributed by atoms with E-state index in [1.807, 2.05) is 68.4 Å². The van der Waals surface area contributed by atoms with E-state index in [1.54, 1.807) is 7.11 Å². The number of hydrogen-bond acceptors (Lipinski definition) is 5. The van der Waals surface area contributed by atoms with Gasteiger partial charge in [0.05, 0.1) is 37.9 Å². The van der Waals surface area contributed by atoms with Crippen molar-refractivity contribution in [3.05, 3.63) is 65.3 Å². The van der Waals surface area contributed by atoms with Gasteiger partial charge >= 0.3 is 5.97 Å². The van der Waals surface area contributed by atoms with Gasteiger partial charge in [-0.25, -0.2) is 4.98 Å². The largest absolute Gasteiger partial charge is 0.495 e. The standard InChI is InChI=1S/C20H19ClN2O3.C2H6/c1-25-18-10-6-5-9-16(18)22-17(12-19(24)26-2)14-11-13-7-3-4-8-15(13)23-20(14)21;1-2/h3-11,17,22H,12H2,1-2H3;1-2H3. The number of carbonyl (C=O) groups excluding carboxylic acids is 1. The van der Waals surface area contributed by atoms with E-state index in [4.69, 9.17) is 21.1 Å². The molecule has 0 spiro atoms. The van der Waals surface area contributed by atoms with E-state index in [0.29, 0.717) is 10.9 Å². The molecule has 1 N–H and O–H groups in total. The van der Waals surface area contributed by atoms with Crippen molar-refractivity contribution in [1.82, 2.24) is 4.98 Å². The summed E-state index contributed by atoms with van der Waals surface area (Å²) in [5.74, 6) is 0.328. The van der Waals surface area contributed by atoms with Crippen molar-refractivity contribution in [3.8, 4) is 5.75 Å². The minimum atomic E-state index is -0.414. The number of nitrogens with zero attached hydrogens (tertiary/aromatic N) is 1. The molecule has 148 valence electrons. The Morgan fingerprint density at radius 3 is 2.50 bits per heavy atom. The number of methoxy groups -OCH3 is 2. The van der Waals surface area contributed by atoms with E-state index in [1.165, 1.54) is 7.11 Å². The molecule has 28 heavy (non-hydrogen) atoms. The molecule has 3 aromatic rings. The van der Waals surface area contributed by atoms with Gasteiger partial charge in [-0.2, -0.15) is 0 Å². The zero-order chi connectivity index (χ0) is 20.5. The second-order valence-corrected chi connectivity index (χ2v) is 6.10. The number of hydrogen-bond donors (Lipinski definition) is 1. The molecule has 0 aliphatic rings. The van der Waals surface area contributed by atoms with E-state index >= 15 is 0 Å². The van der Waals surface area contributed by atoms with E-state index in [-0.39, 0.29) is 12.4 Å². The number of esters is 1. The molecule has 2 aromatic carbocycles. The van der Waals surface area contributed by atoms with Gasteiger partial charge in [0.25, 0.3) is 0 Å². The van der Waals surface area contributed by atoms with Gasteiger partial charge in [-0.1, -0.05) is 55.8 Å². The first-order chi connectivity index (χ1) is 13.6. The Morgan fingerprint density at radius 2 is 1.79 bits per heavy atom. The van der Waals surface area contributed by atoms with Crippen LogP contribution in [0.2, 0.25) is 5.15 Å². The van der Waals surface area contributed by atoms with Gasteiger partial charge in [-0.15, -0.1) is 0 Å². The Labute approximate surface area is 170 Å². The number of ether oxygens (including phenoxy) is 2. The summed E-state index contributed by atoms with van der Waals surface area (Å²) in [6.07, 6.45) is 0.105. The second kappa shape index (κ2) is 10.5. The molecule has 0 saturated heterocycles. The fraction of sp³-hybridized carbons (Fsp3) is 0.273. The number of aromatic nitrogens is 1. The molecule has 1 atom stereocenters. The molecule has 0 aliphatic heterocycles. The van der Waals surface area contributed by atoms with Crippen LogP contribution in [0.25, 0.3) is 10.9 Å². The Morgan fingerprint density at radius 1 is 1.11 bits per heavy atom. The van der Waals surface area contributed by atoms with Crippen molar-refractivity contribution in [1.29, 1.82) is 0 Å². The highest BCUT2D eigenvalue weighted by Crippen LogP contribution is 2.33. The van der Waals surface area contributed by atoms with E-state index < -0.39 is 6.04 Å². The Bertz CT molecular complexity index is 931. The van der Waals surface area contributed by atoms with Crippen LogP contribution in [0.4, 0.5) is 5.69 Å². The van der Waals surface area contributed by atoms with Gasteiger partial charge < -0.3 is 14.8 Å². The first kappa shape index (κ1) is 21.5. The van der Waals surface area contributed by atoms with Crippen LogP contribution in [0, 0.1) is 0 Å². The highest BCUT2D eigenvalue weighted by molar-refractivity contribution is 6.30. The fourth-order valence-electron chi connectivity index (χ4n) is 2.79. The van der Waals surface area contributed by atoms with Crippen LogP contribution in [-0.4, -0.2) is 25.2 Å². The molecule has 0 aliphatic carbocycles. The summed E-state index contributed by atoms with van der Waals surface area (Å²) in [4.78, 5) is 16.4. The average Bonchev–Trinajstić information content (AvgIpc) is 2.74. The van der Waals surface area contributed by atoms with Crippen LogP contribution in [-0.2, 0) is 9.53 Å². The van der Waals surface area contributed by atoms with Crippen molar-refractivity contribution in [2.75, 3.05) is 19.5 Å². The zero-order valence-electron chi connectivity index (χ0n) is 16.5. The normalized spacial score (nSPS) is 11.2. The molecule has 0 amide bonds. The lowest BCUT2D eigenvalue weighted by atomic mass is 10.0. The molecule has 0 saturated carbocycles. The topological polar surface area (TPSA) is 60.5 Å². The number of benzene rings is 2. The van der Waals surface area contributed by atoms with Gasteiger partial charge in [0.1, 0.15) is 10.9 Å². The molecular weight excluding hydrogens is 376 g/mol. The smallest absolute Gasteiger partial charge is 0.307 e. The van der Waals surface area contributed by atoms with Crippen molar-refractivity contribution < 1.29 is 14.3 Å². The van der Waals surface area contributed by atoms with E-state index in [0.717, 1.165) is 22.2 Å². The fourth-order valence-corrected chi connectivity index (χ4v) is 3.07. The van der Waals surface area contributed by atoms with E-state index in [2.05, 4.69) is 10.3 Å². The third-order valence-electron chi connectivity index (χ3n) is 4.12. The molecular formula is C22H25ClN2O3. The van der Waals surface area contributed by atoms with Gasteiger partial charge in [-0.05, 0) is 24.3 Å². The molecule has 1 unspecified atom stereocenters. The molecule has 0 radical (unpaired) electrons. The lowest BCUT2D eigenvalue weighted by molar-refractivity contribution is -0.140. The maximum Gasteiger partial charge on any atom is 0.307 e. The highest BCUT2D eigenvalue weighted by Gasteiger charge is 2.21. The van der Waals surface area contributed by atoms with Crippen LogP contribution in [0.15, 0.2) is 54.6 Å². The third-order valence-corrected chi connectivity index (χ3v) is 4.42. The van der Waals surface area contributed by atoms with Crippen LogP contribution < -0.4 is 10.1 Å². The minimum Gasteiger partial charge on any atom is -0.495 e. The lowest BCUT2D eigenvalue weighted by Crippen LogP contribution is -2.17. The Balaban J connectivity index is 0.00000136. The summed E-state index contributed by atoms with van der Waals surface area (Å²) in [5, 5.41) is 4.63. The van der Waals surface area contributed by atoms with Crippen LogP contribution in [0.5, 0.6) is 5.75 Å². The maximum absolute atomic E-state index is 12.0. The van der Waals surface area contributed by atoms with Crippen molar-refractivity contribution in [2.45, 2.75) is 26.3 Å². The summed E-state index contributed by atoms with van der Waals surface area (Å²) >= 11 is 6.43. The summed E-state index contributed by atoms with van der Waals surface area (Å²) in [6.45, 7) is 4.00. The molecule has 6 heteroatoms. The minimum absolute atomic E-state index is 0.105. The Hall–Kier alpha value is -2.79. The predicted octanol–water partition coefficient (Wildman–Crippen LogP) is 5.64. The zero-order valence-corrected chi connectivity index (χ0v) is 17.3. The summed E-state index contributed by atoms with van der Waals surface area (Å²) in [7, 11) is 2.96. The highest BCUT2D eigenvalue weighted by atomic mass is 35.5. The number of rotatable bonds is 6. The van der Waals surface area contributed by atoms with Gasteiger partial charge in [0.15, 0.2) is 0 Å². The monoisotopic (exact) mass is 400 g/mol. The number of pyridine rings is 1. The van der Waals surface area contributed by atoms with E-state index in [9.17, 15) is 4.79 Å². The molecule has 0 fully saturated rings. The SMILES string of the molecule is CC.COC(=O)CC(Nc1ccccc1OC)c1cc2ccccc2nc1Cl. The molecule has 1 heterocycles. The number of nitrogens with one attached hydrogen (secondary N) is 1. The van der Waals surface area contributed by atoms with Crippen LogP contribution in [0.3, 0.4) is 0 Å². The number of carbonyl (C=O) groups is 1. The summed E-state index contributed by atoms with van der Waals surface area (Å²) in [5.41, 5.74) is 2.28. The van der Waals surface area contributed by atoms with Gasteiger partial charge in [-0.3, -0.25) is 4.79 Å². The number of halogens is 1. The number of para-hydroxylation sites is 3. The quantitative estimate of drug-likeness (QED) is 0.428. The third kappa shape index (κ3) is 5.14. The average molecular weight is 401 g/mol. The summed E-state index contributed by atoms with van der Waals surface area (Å²) in [6, 6.07) is 16.7. The van der Waals surface area contributed by atoms with Gasteiger partial charge in [0.2, 0.25) is 0 Å². The van der Waals surface area contributed by atoms with Crippen LogP contribution in [0.1, 0.15) is 31.9 Å². The maximum atomic E-state index is 12.0. The predicted molar refractivity (Wildman–Crippen MR) is 114 cm³/mol. The van der Waals surface area contributed by atoms with Crippen molar-refractivity contribution >= 4 is 34.2 Å². The van der Waals surface area contributed by atoms with Crippen molar-refractivity contribution in [3.63, 3.8) is 0 Å². The van der Waals surface area contributed by atoms with Crippen molar-refractivity contribution in [2.24, 2.45) is 0 Å². The number of fused-ring (bicyclic) bond motifs is 1. The first-order valence-electron chi connectivity index (χ1n) is 9.14. The number of anilines is 1. The first-order valence-corrected chi connectivity index (χ1v) is 9.51. The van der Waals surface area contributed by atoms with Gasteiger partial charge in [0, 0.05) is 10.9 Å². The summed E-state index contributed by atoms with van der Waals surface area (Å²) < 4.78 is 10.2.